The second kappa shape index (κ2) is 12.1. The molecule has 1 unspecified atom stereocenters. The van der Waals surface area contributed by atoms with Crippen LogP contribution in [0.2, 0.25) is 0 Å². The first kappa shape index (κ1) is 31.6. The SMILES string of the molecule is COc1cc(-c2cccc(-c3cccc(NC(=O)c4c[nH]c(=O)n(C)c4=O)c3C)c2C)cc(F)c1CN1CCC2(CC(=O)NC2=O)C1. The van der Waals surface area contributed by atoms with E-state index in [1.54, 1.807) is 18.2 Å². The molecule has 3 heterocycles. The van der Waals surface area contributed by atoms with Gasteiger partial charge in [0.2, 0.25) is 11.8 Å². The molecule has 0 radical (unpaired) electrons. The molecule has 3 aromatic carbocycles. The van der Waals surface area contributed by atoms with E-state index < -0.39 is 28.4 Å². The van der Waals surface area contributed by atoms with Gasteiger partial charge in [-0.25, -0.2) is 9.18 Å². The molecule has 2 aliphatic heterocycles. The molecule has 3 amide bonds. The quantitative estimate of drug-likeness (QED) is 0.262. The van der Waals surface area contributed by atoms with Crippen LogP contribution in [-0.4, -0.2) is 52.4 Å². The van der Waals surface area contributed by atoms with E-state index in [0.29, 0.717) is 42.1 Å². The first-order valence-corrected chi connectivity index (χ1v) is 15.2. The lowest BCUT2D eigenvalue weighted by Gasteiger charge is -2.22. The summed E-state index contributed by atoms with van der Waals surface area (Å²) in [6, 6.07) is 14.4. The predicted molar refractivity (Wildman–Crippen MR) is 174 cm³/mol. The van der Waals surface area contributed by atoms with E-state index >= 15 is 4.39 Å². The molecule has 6 rings (SSSR count). The minimum Gasteiger partial charge on any atom is -0.496 e. The lowest BCUT2D eigenvalue weighted by Crippen LogP contribution is -2.37. The molecule has 0 aliphatic carbocycles. The zero-order valence-corrected chi connectivity index (χ0v) is 26.5. The summed E-state index contributed by atoms with van der Waals surface area (Å²) < 4.78 is 22.3. The molecule has 1 aromatic heterocycles. The van der Waals surface area contributed by atoms with Crippen molar-refractivity contribution in [1.29, 1.82) is 0 Å². The number of benzene rings is 3. The van der Waals surface area contributed by atoms with Crippen LogP contribution in [-0.2, 0) is 23.2 Å². The van der Waals surface area contributed by atoms with Crippen molar-refractivity contribution in [2.24, 2.45) is 12.5 Å². The zero-order valence-electron chi connectivity index (χ0n) is 26.5. The van der Waals surface area contributed by atoms with Crippen LogP contribution in [0.5, 0.6) is 5.75 Å². The maximum atomic E-state index is 15.8. The molecule has 1 atom stereocenters. The summed E-state index contributed by atoms with van der Waals surface area (Å²) in [5.74, 6) is -1.24. The van der Waals surface area contributed by atoms with Gasteiger partial charge in [0.1, 0.15) is 17.1 Å². The van der Waals surface area contributed by atoms with Crippen molar-refractivity contribution in [2.75, 3.05) is 25.5 Å². The molecule has 2 fully saturated rings. The lowest BCUT2D eigenvalue weighted by molar-refractivity contribution is -0.128. The topological polar surface area (TPSA) is 143 Å². The van der Waals surface area contributed by atoms with Crippen LogP contribution in [0.25, 0.3) is 22.3 Å². The fraction of sp³-hybridized carbons (Fsp3) is 0.286. The summed E-state index contributed by atoms with van der Waals surface area (Å²) >= 11 is 0. The molecule has 11 nitrogen and oxygen atoms in total. The number of ether oxygens (including phenoxy) is 1. The Bertz CT molecular complexity index is 2090. The number of nitrogens with zero attached hydrogens (tertiary/aromatic N) is 2. The molecule has 242 valence electrons. The molecular formula is C35H34FN5O6. The number of H-pyrrole nitrogens is 1. The van der Waals surface area contributed by atoms with Gasteiger partial charge in [0.25, 0.3) is 11.5 Å². The lowest BCUT2D eigenvalue weighted by atomic mass is 9.85. The van der Waals surface area contributed by atoms with Crippen LogP contribution in [0.4, 0.5) is 10.1 Å². The maximum absolute atomic E-state index is 15.8. The van der Waals surface area contributed by atoms with Crippen molar-refractivity contribution in [1.82, 2.24) is 19.8 Å². The standard InChI is InChI=1S/C35H34FN5O6/c1-19-22(21-13-27(36)26(29(14-21)47-4)17-41-12-11-35(18-41)15-30(42)39-33(35)45)7-5-8-23(19)24-9-6-10-28(20(24)2)38-31(43)25-16-37-34(46)40(3)32(25)44/h5-10,13-14,16H,11-12,15,17-18H2,1-4H3,(H,37,46)(H,38,43)(H,39,42,45). The minimum atomic E-state index is -0.754. The molecule has 12 heteroatoms. The number of hydrogen-bond donors (Lipinski definition) is 3. The molecule has 3 N–H and O–H groups in total. The van der Waals surface area contributed by atoms with Gasteiger partial charge >= 0.3 is 5.69 Å². The van der Waals surface area contributed by atoms with E-state index in [1.165, 1.54) is 20.2 Å². The number of anilines is 1. The molecule has 1 spiro atoms. The van der Waals surface area contributed by atoms with Crippen molar-refractivity contribution in [2.45, 2.75) is 33.2 Å². The van der Waals surface area contributed by atoms with Gasteiger partial charge in [-0.15, -0.1) is 0 Å². The highest BCUT2D eigenvalue weighted by Gasteiger charge is 2.50. The fourth-order valence-corrected chi connectivity index (χ4v) is 6.66. The third kappa shape index (κ3) is 5.65. The van der Waals surface area contributed by atoms with Crippen LogP contribution < -0.4 is 26.6 Å². The van der Waals surface area contributed by atoms with Gasteiger partial charge in [0, 0.05) is 44.0 Å². The van der Waals surface area contributed by atoms with E-state index in [2.05, 4.69) is 15.6 Å². The molecule has 2 saturated heterocycles. The largest absolute Gasteiger partial charge is 0.496 e. The highest BCUT2D eigenvalue weighted by Crippen LogP contribution is 2.41. The first-order chi connectivity index (χ1) is 22.4. The van der Waals surface area contributed by atoms with Crippen molar-refractivity contribution in [3.05, 3.63) is 104 Å². The van der Waals surface area contributed by atoms with Gasteiger partial charge in [0.15, 0.2) is 0 Å². The number of carbonyl (C=O) groups is 3. The third-order valence-corrected chi connectivity index (χ3v) is 9.36. The number of halogens is 1. The highest BCUT2D eigenvalue weighted by molar-refractivity contribution is 6.06. The van der Waals surface area contributed by atoms with E-state index in [1.807, 2.05) is 43.0 Å². The second-order valence-electron chi connectivity index (χ2n) is 12.2. The molecule has 47 heavy (non-hydrogen) atoms. The summed E-state index contributed by atoms with van der Waals surface area (Å²) in [6.45, 7) is 4.96. The van der Waals surface area contributed by atoms with Crippen LogP contribution in [0, 0.1) is 25.1 Å². The van der Waals surface area contributed by atoms with Crippen LogP contribution >= 0.6 is 0 Å². The number of likely N-dealkylation sites (tertiary alicyclic amines) is 1. The maximum Gasteiger partial charge on any atom is 0.328 e. The van der Waals surface area contributed by atoms with Crippen LogP contribution in [0.3, 0.4) is 0 Å². The van der Waals surface area contributed by atoms with E-state index in [4.69, 9.17) is 4.74 Å². The number of carbonyl (C=O) groups excluding carboxylic acids is 3. The normalized spacial score (nSPS) is 17.7. The number of aromatic nitrogens is 2. The molecule has 0 bridgehead atoms. The van der Waals surface area contributed by atoms with Crippen molar-refractivity contribution < 1.29 is 23.5 Å². The summed E-state index contributed by atoms with van der Waals surface area (Å²) in [4.78, 5) is 65.8. The third-order valence-electron chi connectivity index (χ3n) is 9.36. The Kier molecular flexibility index (Phi) is 8.14. The van der Waals surface area contributed by atoms with Gasteiger partial charge in [-0.1, -0.05) is 30.3 Å². The summed E-state index contributed by atoms with van der Waals surface area (Å²) in [6.07, 6.45) is 1.79. The molecule has 0 saturated carbocycles. The van der Waals surface area contributed by atoms with Gasteiger partial charge in [-0.3, -0.25) is 34.0 Å². The zero-order chi connectivity index (χ0) is 33.6. The Labute approximate surface area is 269 Å². The number of nitrogens with one attached hydrogen (secondary N) is 3. The van der Waals surface area contributed by atoms with Gasteiger partial charge in [0.05, 0.1) is 12.5 Å². The Morgan fingerprint density at radius 2 is 1.72 bits per heavy atom. The van der Waals surface area contributed by atoms with Crippen molar-refractivity contribution >= 4 is 23.4 Å². The molecule has 2 aliphatic rings. The number of amides is 3. The summed E-state index contributed by atoms with van der Waals surface area (Å²) in [5, 5.41) is 5.18. The van der Waals surface area contributed by atoms with Gasteiger partial charge in [-0.2, -0.15) is 0 Å². The van der Waals surface area contributed by atoms with Gasteiger partial charge in [-0.05, 0) is 78.4 Å². The number of hydrogen-bond acceptors (Lipinski definition) is 7. The number of methoxy groups -OCH3 is 1. The Morgan fingerprint density at radius 1 is 1.02 bits per heavy atom. The number of imide groups is 1. The smallest absolute Gasteiger partial charge is 0.328 e. The molecule has 4 aromatic rings. The predicted octanol–water partition coefficient (Wildman–Crippen LogP) is 3.66. The number of aromatic amines is 1. The minimum absolute atomic E-state index is 0.153. The number of rotatable bonds is 7. The Balaban J connectivity index is 1.28. The second-order valence-corrected chi connectivity index (χ2v) is 12.2. The summed E-state index contributed by atoms with van der Waals surface area (Å²) in [7, 11) is 2.78. The first-order valence-electron chi connectivity index (χ1n) is 15.2. The van der Waals surface area contributed by atoms with Crippen LogP contribution in [0.1, 0.15) is 39.9 Å². The van der Waals surface area contributed by atoms with Crippen molar-refractivity contribution in [3.63, 3.8) is 0 Å². The fourth-order valence-electron chi connectivity index (χ4n) is 6.66. The highest BCUT2D eigenvalue weighted by atomic mass is 19.1. The van der Waals surface area contributed by atoms with Gasteiger partial charge < -0.3 is 15.0 Å². The average molecular weight is 640 g/mol. The average Bonchev–Trinajstić information content (AvgIpc) is 3.57. The monoisotopic (exact) mass is 639 g/mol. The van der Waals surface area contributed by atoms with E-state index in [0.717, 1.165) is 38.6 Å². The van der Waals surface area contributed by atoms with Crippen LogP contribution in [0.15, 0.2) is 64.3 Å². The Hall–Kier alpha value is -5.36. The van der Waals surface area contributed by atoms with E-state index in [9.17, 15) is 24.0 Å². The molecular weight excluding hydrogens is 605 g/mol. The van der Waals surface area contributed by atoms with Crippen molar-refractivity contribution in [3.8, 4) is 28.0 Å². The summed E-state index contributed by atoms with van der Waals surface area (Å²) in [5.41, 5.74) is 3.33. The van der Waals surface area contributed by atoms with E-state index in [-0.39, 0.29) is 30.3 Å². The Morgan fingerprint density at radius 3 is 2.43 bits per heavy atom.